The van der Waals surface area contributed by atoms with Gasteiger partial charge in [-0.15, -0.1) is 6.26 Å². The van der Waals surface area contributed by atoms with Crippen LogP contribution in [0.2, 0.25) is 0 Å². The second kappa shape index (κ2) is 11.5. The van der Waals surface area contributed by atoms with Gasteiger partial charge in [0.15, 0.2) is 0 Å². The van der Waals surface area contributed by atoms with Crippen molar-refractivity contribution in [2.45, 2.75) is 0 Å². The second-order valence-corrected chi connectivity index (χ2v) is 1.23. The zero-order chi connectivity index (χ0) is 6.95. The van der Waals surface area contributed by atoms with E-state index in [0.717, 1.165) is 0 Å². The van der Waals surface area contributed by atoms with Gasteiger partial charge in [0.2, 0.25) is 0 Å². The Kier molecular flexibility index (Phi) is 14.2. The van der Waals surface area contributed by atoms with Gasteiger partial charge in [-0.05, 0) is 6.08 Å². The van der Waals surface area contributed by atoms with Gasteiger partial charge in [0.1, 0.15) is 6.29 Å². The van der Waals surface area contributed by atoms with E-state index in [1.165, 1.54) is 12.2 Å². The van der Waals surface area contributed by atoms with Crippen molar-refractivity contribution < 1.29 is 39.5 Å². The molecule has 0 bridgehead atoms. The molecule has 10 heavy (non-hydrogen) atoms. The predicted octanol–water partition coefficient (Wildman–Crippen LogP) is -2.82. The third kappa shape index (κ3) is 10.6. The Morgan fingerprint density at radius 2 is 1.40 bits per heavy atom. The number of hydrogen-bond acceptors (Lipinski definition) is 2. The molecule has 0 saturated heterocycles. The van der Waals surface area contributed by atoms with E-state index in [-0.39, 0.29) is 29.6 Å². The molecule has 0 aliphatic rings. The number of carbonyl (C=O) groups excluding carboxylic acids is 1. The molecule has 0 spiro atoms. The summed E-state index contributed by atoms with van der Waals surface area (Å²) in [6.07, 6.45) is 8.73. The van der Waals surface area contributed by atoms with Crippen LogP contribution in [0.3, 0.4) is 0 Å². The molecule has 0 aliphatic heterocycles. The maximum absolute atomic E-state index is 9.64. The zero-order valence-corrected chi connectivity index (χ0v) is 7.86. The van der Waals surface area contributed by atoms with Gasteiger partial charge in [-0.3, -0.25) is 4.79 Å². The molecular weight excluding hydrogens is 139 g/mol. The zero-order valence-electron chi connectivity index (χ0n) is 5.86. The van der Waals surface area contributed by atoms with Gasteiger partial charge in [0.25, 0.3) is 0 Å². The minimum atomic E-state index is 0. The Hall–Kier alpha value is -0.310. The standard InChI is InChI=1S/C7H8O2.Na/c8-6-4-2-1-3-5-7-9;/h1-8H;/q;+1/p-1/b2-1+,5-3+,6-4+;. The summed E-state index contributed by atoms with van der Waals surface area (Å²) in [5, 5.41) is 9.64. The third-order valence-corrected chi connectivity index (χ3v) is 0.602. The minimum Gasteiger partial charge on any atom is -0.878 e. The predicted molar refractivity (Wildman–Crippen MR) is 33.5 cm³/mol. The first-order valence-electron chi connectivity index (χ1n) is 2.47. The topological polar surface area (TPSA) is 40.1 Å². The summed E-state index contributed by atoms with van der Waals surface area (Å²) in [5.41, 5.74) is 0. The minimum absolute atomic E-state index is 0. The molecule has 0 aromatic carbocycles. The van der Waals surface area contributed by atoms with Gasteiger partial charge < -0.3 is 5.11 Å². The first kappa shape index (κ1) is 12.4. The Bertz CT molecular complexity index is 148. The van der Waals surface area contributed by atoms with Crippen molar-refractivity contribution in [3.05, 3.63) is 36.6 Å². The van der Waals surface area contributed by atoms with E-state index in [0.29, 0.717) is 12.5 Å². The number of rotatable bonds is 3. The van der Waals surface area contributed by atoms with E-state index in [1.54, 1.807) is 18.2 Å². The van der Waals surface area contributed by atoms with Gasteiger partial charge in [-0.1, -0.05) is 24.3 Å². The largest absolute Gasteiger partial charge is 1.00 e. The summed E-state index contributed by atoms with van der Waals surface area (Å²) in [6, 6.07) is 0. The average molecular weight is 146 g/mol. The van der Waals surface area contributed by atoms with Crippen molar-refractivity contribution in [2.24, 2.45) is 0 Å². The van der Waals surface area contributed by atoms with Crippen molar-refractivity contribution in [3.63, 3.8) is 0 Å². The van der Waals surface area contributed by atoms with Gasteiger partial charge in [-0.25, -0.2) is 0 Å². The van der Waals surface area contributed by atoms with E-state index in [9.17, 15) is 9.90 Å². The quantitative estimate of drug-likeness (QED) is 0.142. The molecule has 0 aromatic rings. The molecule has 0 saturated carbocycles. The first-order chi connectivity index (χ1) is 4.41. The molecular formula is C7H7NaO2. The van der Waals surface area contributed by atoms with Crippen LogP contribution in [0.1, 0.15) is 0 Å². The molecule has 0 atom stereocenters. The van der Waals surface area contributed by atoms with Crippen molar-refractivity contribution in [1.82, 2.24) is 0 Å². The molecule has 0 heterocycles. The summed E-state index contributed by atoms with van der Waals surface area (Å²) in [4.78, 5) is 9.64. The van der Waals surface area contributed by atoms with E-state index in [2.05, 4.69) is 0 Å². The van der Waals surface area contributed by atoms with Crippen LogP contribution in [0.15, 0.2) is 36.6 Å². The van der Waals surface area contributed by atoms with Crippen molar-refractivity contribution in [2.75, 3.05) is 0 Å². The molecule has 0 fully saturated rings. The van der Waals surface area contributed by atoms with Crippen molar-refractivity contribution >= 4 is 6.29 Å². The average Bonchev–Trinajstić information content (AvgIpc) is 1.89. The van der Waals surface area contributed by atoms with Crippen LogP contribution >= 0.6 is 0 Å². The molecule has 0 aliphatic carbocycles. The smallest absolute Gasteiger partial charge is 0.878 e. The Labute approximate surface area is 82.2 Å². The summed E-state index contributed by atoms with van der Waals surface area (Å²) in [5.74, 6) is 0. The normalized spacial score (nSPS) is 10.8. The summed E-state index contributed by atoms with van der Waals surface area (Å²) < 4.78 is 0. The Balaban J connectivity index is 0. The maximum atomic E-state index is 9.64. The molecule has 0 radical (unpaired) electrons. The number of allylic oxidation sites excluding steroid dienone is 5. The molecule has 0 unspecified atom stereocenters. The molecule has 0 N–H and O–H groups in total. The number of carbonyl (C=O) groups is 1. The molecule has 2 nitrogen and oxygen atoms in total. The van der Waals surface area contributed by atoms with Gasteiger partial charge in [-0.2, -0.15) is 0 Å². The third-order valence-electron chi connectivity index (χ3n) is 0.602. The molecule has 0 amide bonds. The molecule has 48 valence electrons. The van der Waals surface area contributed by atoms with E-state index in [4.69, 9.17) is 0 Å². The van der Waals surface area contributed by atoms with Crippen molar-refractivity contribution in [3.8, 4) is 0 Å². The monoisotopic (exact) mass is 146 g/mol. The van der Waals surface area contributed by atoms with Crippen LogP contribution in [-0.2, 0) is 4.79 Å². The molecule has 3 heteroatoms. The van der Waals surface area contributed by atoms with E-state index in [1.807, 2.05) is 0 Å². The number of hydrogen-bond donors (Lipinski definition) is 0. The van der Waals surface area contributed by atoms with E-state index < -0.39 is 0 Å². The van der Waals surface area contributed by atoms with Gasteiger partial charge in [0, 0.05) is 0 Å². The second-order valence-electron chi connectivity index (χ2n) is 1.23. The Morgan fingerprint density at radius 3 is 1.90 bits per heavy atom. The Morgan fingerprint density at radius 1 is 0.900 bits per heavy atom. The fourth-order valence-corrected chi connectivity index (χ4v) is 0.283. The number of aldehydes is 1. The first-order valence-corrected chi connectivity index (χ1v) is 2.47. The van der Waals surface area contributed by atoms with Crippen LogP contribution in [0.4, 0.5) is 0 Å². The molecule has 0 aromatic heterocycles. The van der Waals surface area contributed by atoms with E-state index >= 15 is 0 Å². The fourth-order valence-electron chi connectivity index (χ4n) is 0.283. The van der Waals surface area contributed by atoms with Crippen LogP contribution in [0.5, 0.6) is 0 Å². The van der Waals surface area contributed by atoms with Crippen LogP contribution in [0, 0.1) is 0 Å². The summed E-state index contributed by atoms with van der Waals surface area (Å²) >= 11 is 0. The SMILES string of the molecule is O=C/C=C/C=C/C=C/[O-].[Na+]. The van der Waals surface area contributed by atoms with Crippen molar-refractivity contribution in [1.29, 1.82) is 0 Å². The molecule has 0 rings (SSSR count). The van der Waals surface area contributed by atoms with Crippen LogP contribution in [-0.4, -0.2) is 6.29 Å². The maximum Gasteiger partial charge on any atom is 1.00 e. The van der Waals surface area contributed by atoms with Gasteiger partial charge in [0.05, 0.1) is 0 Å². The van der Waals surface area contributed by atoms with Gasteiger partial charge >= 0.3 is 29.6 Å². The van der Waals surface area contributed by atoms with Crippen LogP contribution in [0.25, 0.3) is 0 Å². The summed E-state index contributed by atoms with van der Waals surface area (Å²) in [7, 11) is 0. The summed E-state index contributed by atoms with van der Waals surface area (Å²) in [6.45, 7) is 0. The van der Waals surface area contributed by atoms with Crippen LogP contribution < -0.4 is 34.7 Å². The fraction of sp³-hybridized carbons (Fsp3) is 0.